The van der Waals surface area contributed by atoms with Crippen LogP contribution in [0.25, 0.3) is 0 Å². The minimum absolute atomic E-state index is 0.0398. The van der Waals surface area contributed by atoms with E-state index in [1.807, 2.05) is 27.7 Å². The molecular weight excluding hydrogens is 351 g/mol. The van der Waals surface area contributed by atoms with Crippen LogP contribution in [0.3, 0.4) is 0 Å². The molecule has 0 aromatic carbocycles. The highest BCUT2D eigenvalue weighted by atomic mass is 19.4. The van der Waals surface area contributed by atoms with Crippen LogP contribution in [-0.4, -0.2) is 51.9 Å². The van der Waals surface area contributed by atoms with E-state index in [4.69, 9.17) is 0 Å². The van der Waals surface area contributed by atoms with Gasteiger partial charge in [-0.1, -0.05) is 6.42 Å². The third kappa shape index (κ3) is 6.75. The Morgan fingerprint density at radius 2 is 1.62 bits per heavy atom. The highest BCUT2D eigenvalue weighted by molar-refractivity contribution is 5.81. The number of alkyl halides is 3. The Morgan fingerprint density at radius 1 is 1.08 bits per heavy atom. The van der Waals surface area contributed by atoms with E-state index in [-0.39, 0.29) is 24.9 Å². The zero-order chi connectivity index (χ0) is 20.2. The lowest BCUT2D eigenvalue weighted by molar-refractivity contribution is -0.246. The lowest BCUT2D eigenvalue weighted by Crippen LogP contribution is -2.62. The molecule has 2 amide bonds. The van der Waals surface area contributed by atoms with Crippen LogP contribution in [0.1, 0.15) is 66.2 Å². The van der Waals surface area contributed by atoms with Gasteiger partial charge in [0.05, 0.1) is 0 Å². The number of halogens is 3. The molecule has 1 heterocycles. The first-order chi connectivity index (χ1) is 11.8. The number of hydroxylamine groups is 2. The zero-order valence-corrected chi connectivity index (χ0v) is 15.9. The monoisotopic (exact) mass is 381 g/mol. The SMILES string of the molecule is CC1(C)CC(NC(=O)CCCCCNC(=O)C(F)(F)F)CC(C)(C)N1O. The molecule has 1 fully saturated rings. The largest absolute Gasteiger partial charge is 0.471 e. The van der Waals surface area contributed by atoms with E-state index in [0.717, 1.165) is 0 Å². The van der Waals surface area contributed by atoms with Crippen LogP contribution in [0.4, 0.5) is 13.2 Å². The Balaban J connectivity index is 2.26. The highest BCUT2D eigenvalue weighted by Gasteiger charge is 2.45. The van der Waals surface area contributed by atoms with E-state index in [9.17, 15) is 28.0 Å². The van der Waals surface area contributed by atoms with Gasteiger partial charge < -0.3 is 15.8 Å². The predicted octanol–water partition coefficient (Wildman–Crippen LogP) is 2.75. The molecule has 0 atom stereocenters. The molecule has 3 N–H and O–H groups in total. The van der Waals surface area contributed by atoms with Crippen molar-refractivity contribution in [1.29, 1.82) is 0 Å². The quantitative estimate of drug-likeness (QED) is 0.593. The first kappa shape index (κ1) is 22.7. The second-order valence-corrected chi connectivity index (χ2v) is 8.17. The molecular formula is C17H30F3N3O3. The maximum atomic E-state index is 12.1. The molecule has 0 bridgehead atoms. The number of rotatable bonds is 7. The minimum atomic E-state index is -4.86. The summed E-state index contributed by atoms with van der Waals surface area (Å²) >= 11 is 0. The van der Waals surface area contributed by atoms with Crippen LogP contribution in [0.2, 0.25) is 0 Å². The van der Waals surface area contributed by atoms with E-state index in [1.165, 1.54) is 5.06 Å². The summed E-state index contributed by atoms with van der Waals surface area (Å²) in [5.74, 6) is -2.04. The van der Waals surface area contributed by atoms with Gasteiger partial charge in [0.2, 0.25) is 5.91 Å². The molecule has 0 saturated carbocycles. The lowest BCUT2D eigenvalue weighted by Gasteiger charge is -2.51. The number of nitrogens with zero attached hydrogens (tertiary/aromatic N) is 1. The van der Waals surface area contributed by atoms with Crippen molar-refractivity contribution in [2.24, 2.45) is 0 Å². The van der Waals surface area contributed by atoms with Gasteiger partial charge in [-0.15, -0.1) is 0 Å². The standard InChI is InChI=1S/C17H30F3N3O3/c1-15(2)10-12(11-16(3,4)23(15)26)22-13(24)8-6-5-7-9-21-14(25)17(18,19)20/h12,26H,5-11H2,1-4H3,(H,21,25)(H,22,24). The molecule has 152 valence electrons. The maximum Gasteiger partial charge on any atom is 0.471 e. The van der Waals surface area contributed by atoms with E-state index in [0.29, 0.717) is 32.1 Å². The average molecular weight is 381 g/mol. The number of amides is 2. The molecule has 9 heteroatoms. The van der Waals surface area contributed by atoms with E-state index in [2.05, 4.69) is 5.32 Å². The predicted molar refractivity (Wildman–Crippen MR) is 90.5 cm³/mol. The molecule has 0 unspecified atom stereocenters. The Labute approximate surface area is 152 Å². The van der Waals surface area contributed by atoms with Crippen molar-refractivity contribution in [2.45, 2.75) is 89.5 Å². The molecule has 26 heavy (non-hydrogen) atoms. The van der Waals surface area contributed by atoms with Crippen molar-refractivity contribution < 1.29 is 28.0 Å². The summed E-state index contributed by atoms with van der Waals surface area (Å²) in [5, 5.41) is 16.4. The fourth-order valence-electron chi connectivity index (χ4n) is 3.56. The van der Waals surface area contributed by atoms with Gasteiger partial charge in [-0.05, 0) is 53.4 Å². The highest BCUT2D eigenvalue weighted by Crippen LogP contribution is 2.36. The second kappa shape index (κ2) is 8.56. The fourth-order valence-corrected chi connectivity index (χ4v) is 3.56. The number of hydrogen-bond acceptors (Lipinski definition) is 4. The van der Waals surface area contributed by atoms with Crippen LogP contribution in [-0.2, 0) is 9.59 Å². The maximum absolute atomic E-state index is 12.1. The van der Waals surface area contributed by atoms with E-state index < -0.39 is 23.2 Å². The van der Waals surface area contributed by atoms with Gasteiger partial charge >= 0.3 is 12.1 Å². The summed E-state index contributed by atoms with van der Waals surface area (Å²) in [7, 11) is 0. The van der Waals surface area contributed by atoms with Gasteiger partial charge in [0.15, 0.2) is 0 Å². The molecule has 0 aromatic heterocycles. The topological polar surface area (TPSA) is 81.7 Å². The Kier molecular flexibility index (Phi) is 7.47. The summed E-state index contributed by atoms with van der Waals surface area (Å²) in [6, 6.07) is -0.0398. The van der Waals surface area contributed by atoms with Crippen molar-refractivity contribution in [3.05, 3.63) is 0 Å². The van der Waals surface area contributed by atoms with Crippen LogP contribution >= 0.6 is 0 Å². The van der Waals surface area contributed by atoms with Gasteiger partial charge in [-0.25, -0.2) is 0 Å². The van der Waals surface area contributed by atoms with Crippen molar-refractivity contribution >= 4 is 11.8 Å². The van der Waals surface area contributed by atoms with Crippen LogP contribution in [0, 0.1) is 0 Å². The van der Waals surface area contributed by atoms with Crippen LogP contribution < -0.4 is 10.6 Å². The molecule has 1 aliphatic heterocycles. The molecule has 0 spiro atoms. The molecule has 0 aliphatic carbocycles. The van der Waals surface area contributed by atoms with Crippen molar-refractivity contribution in [3.63, 3.8) is 0 Å². The number of unbranched alkanes of at least 4 members (excludes halogenated alkanes) is 2. The number of nitrogens with one attached hydrogen (secondary N) is 2. The van der Waals surface area contributed by atoms with Crippen molar-refractivity contribution in [3.8, 4) is 0 Å². The van der Waals surface area contributed by atoms with Crippen molar-refractivity contribution in [1.82, 2.24) is 15.7 Å². The molecule has 6 nitrogen and oxygen atoms in total. The minimum Gasteiger partial charge on any atom is -0.353 e. The van der Waals surface area contributed by atoms with E-state index in [1.54, 1.807) is 5.32 Å². The number of carbonyl (C=O) groups excluding carboxylic acids is 2. The first-order valence-electron chi connectivity index (χ1n) is 8.89. The number of hydrogen-bond donors (Lipinski definition) is 3. The summed E-state index contributed by atoms with van der Waals surface area (Å²) < 4.78 is 36.0. The van der Waals surface area contributed by atoms with E-state index >= 15 is 0 Å². The summed E-state index contributed by atoms with van der Waals surface area (Å²) in [6.07, 6.45) is -1.83. The van der Waals surface area contributed by atoms with Gasteiger partial charge in [-0.2, -0.15) is 18.2 Å². The number of carbonyl (C=O) groups is 2. The Hall–Kier alpha value is -1.35. The third-order valence-electron chi connectivity index (χ3n) is 4.63. The van der Waals surface area contributed by atoms with Gasteiger partial charge in [0.1, 0.15) is 0 Å². The third-order valence-corrected chi connectivity index (χ3v) is 4.63. The molecule has 1 aliphatic rings. The molecule has 1 saturated heterocycles. The van der Waals surface area contributed by atoms with Gasteiger partial charge in [0, 0.05) is 30.1 Å². The Bertz CT molecular complexity index is 489. The smallest absolute Gasteiger partial charge is 0.353 e. The molecule has 0 aromatic rings. The van der Waals surface area contributed by atoms with Gasteiger partial charge in [-0.3, -0.25) is 9.59 Å². The first-order valence-corrected chi connectivity index (χ1v) is 8.89. The summed E-state index contributed by atoms with van der Waals surface area (Å²) in [5.41, 5.74) is -0.896. The second-order valence-electron chi connectivity index (χ2n) is 8.17. The van der Waals surface area contributed by atoms with Crippen LogP contribution in [0.15, 0.2) is 0 Å². The molecule has 1 rings (SSSR count). The van der Waals surface area contributed by atoms with Crippen LogP contribution in [0.5, 0.6) is 0 Å². The number of piperidine rings is 1. The average Bonchev–Trinajstić information content (AvgIpc) is 2.46. The normalized spacial score (nSPS) is 20.6. The lowest BCUT2D eigenvalue weighted by atomic mass is 9.79. The van der Waals surface area contributed by atoms with Crippen molar-refractivity contribution in [2.75, 3.05) is 6.54 Å². The zero-order valence-electron chi connectivity index (χ0n) is 15.9. The Morgan fingerprint density at radius 3 is 2.12 bits per heavy atom. The summed E-state index contributed by atoms with van der Waals surface area (Å²) in [4.78, 5) is 22.7. The molecule has 0 radical (unpaired) electrons. The van der Waals surface area contributed by atoms with Gasteiger partial charge in [0.25, 0.3) is 0 Å². The summed E-state index contributed by atoms with van der Waals surface area (Å²) in [6.45, 7) is 7.62. The fraction of sp³-hybridized carbons (Fsp3) is 0.882.